The molecule has 4 heteroatoms. The van der Waals surface area contributed by atoms with E-state index < -0.39 is 0 Å². The molecule has 0 radical (unpaired) electrons. The van der Waals surface area contributed by atoms with Crippen molar-refractivity contribution in [3.63, 3.8) is 0 Å². The second-order valence-electron chi connectivity index (χ2n) is 4.62. The van der Waals surface area contributed by atoms with Crippen molar-refractivity contribution in [1.29, 1.82) is 5.26 Å². The van der Waals surface area contributed by atoms with E-state index in [4.69, 9.17) is 22.6 Å². The number of nitrogens with zero attached hydrogens (tertiary/aromatic N) is 2. The number of rotatable bonds is 1. The lowest BCUT2D eigenvalue weighted by Crippen LogP contribution is -2.46. The molecule has 3 nitrogen and oxygen atoms in total. The van der Waals surface area contributed by atoms with Gasteiger partial charge in [0.25, 0.3) is 0 Å². The minimum atomic E-state index is 0.260. The van der Waals surface area contributed by atoms with E-state index in [2.05, 4.69) is 17.9 Å². The van der Waals surface area contributed by atoms with E-state index in [9.17, 15) is 0 Å². The van der Waals surface area contributed by atoms with Crippen LogP contribution in [-0.2, 0) is 0 Å². The molecule has 17 heavy (non-hydrogen) atoms. The van der Waals surface area contributed by atoms with Crippen LogP contribution >= 0.6 is 11.6 Å². The summed E-state index contributed by atoms with van der Waals surface area (Å²) < 4.78 is 0. The average Bonchev–Trinajstić information content (AvgIpc) is 2.32. The van der Waals surface area contributed by atoms with Crippen LogP contribution in [0.15, 0.2) is 18.2 Å². The number of piperidine rings is 1. The van der Waals surface area contributed by atoms with Gasteiger partial charge in [0.2, 0.25) is 0 Å². The summed E-state index contributed by atoms with van der Waals surface area (Å²) >= 11 is 6.04. The third-order valence-electron chi connectivity index (χ3n) is 3.42. The van der Waals surface area contributed by atoms with Crippen LogP contribution in [0, 0.1) is 17.2 Å². The Hall–Kier alpha value is -1.24. The third kappa shape index (κ3) is 2.38. The van der Waals surface area contributed by atoms with E-state index in [-0.39, 0.29) is 6.04 Å². The maximum Gasteiger partial charge on any atom is 0.103 e. The third-order valence-corrected chi connectivity index (χ3v) is 3.73. The second-order valence-corrected chi connectivity index (χ2v) is 5.03. The van der Waals surface area contributed by atoms with Crippen LogP contribution < -0.4 is 10.6 Å². The Labute approximate surface area is 107 Å². The van der Waals surface area contributed by atoms with E-state index in [1.807, 2.05) is 12.1 Å². The predicted molar refractivity (Wildman–Crippen MR) is 70.1 cm³/mol. The van der Waals surface area contributed by atoms with Gasteiger partial charge in [-0.15, -0.1) is 0 Å². The van der Waals surface area contributed by atoms with E-state index in [0.29, 0.717) is 16.5 Å². The van der Waals surface area contributed by atoms with Gasteiger partial charge >= 0.3 is 0 Å². The SMILES string of the molecule is CC1CN(c2cccc(Cl)c2C#N)CCC1N. The zero-order chi connectivity index (χ0) is 12.4. The molecule has 1 fully saturated rings. The number of hydrogen-bond acceptors (Lipinski definition) is 3. The van der Waals surface area contributed by atoms with Crippen LogP contribution in [0.1, 0.15) is 18.9 Å². The molecule has 2 rings (SSSR count). The molecule has 90 valence electrons. The van der Waals surface area contributed by atoms with Gasteiger partial charge in [-0.05, 0) is 24.5 Å². The first-order valence-electron chi connectivity index (χ1n) is 5.82. The van der Waals surface area contributed by atoms with Gasteiger partial charge in [-0.3, -0.25) is 0 Å². The monoisotopic (exact) mass is 249 g/mol. The highest BCUT2D eigenvalue weighted by atomic mass is 35.5. The number of nitrogens with two attached hydrogens (primary N) is 1. The lowest BCUT2D eigenvalue weighted by Gasteiger charge is -2.37. The Balaban J connectivity index is 2.29. The fraction of sp³-hybridized carbons (Fsp3) is 0.462. The highest BCUT2D eigenvalue weighted by molar-refractivity contribution is 6.32. The second kappa shape index (κ2) is 4.95. The molecule has 2 unspecified atom stereocenters. The van der Waals surface area contributed by atoms with Gasteiger partial charge in [-0.1, -0.05) is 24.6 Å². The predicted octanol–water partition coefficient (Wildman–Crippen LogP) is 2.39. The molecule has 1 saturated heterocycles. The summed E-state index contributed by atoms with van der Waals surface area (Å²) in [5, 5.41) is 9.68. The molecule has 2 N–H and O–H groups in total. The molecule has 0 spiro atoms. The van der Waals surface area contributed by atoms with Crippen molar-refractivity contribution in [2.75, 3.05) is 18.0 Å². The van der Waals surface area contributed by atoms with Crippen molar-refractivity contribution < 1.29 is 0 Å². The van der Waals surface area contributed by atoms with Gasteiger partial charge in [0.15, 0.2) is 0 Å². The first kappa shape index (κ1) is 12.2. The molecule has 0 amide bonds. The van der Waals surface area contributed by atoms with Crippen LogP contribution in [0.25, 0.3) is 0 Å². The summed E-state index contributed by atoms with van der Waals surface area (Å²) in [6.45, 7) is 3.92. The first-order valence-corrected chi connectivity index (χ1v) is 6.20. The minimum Gasteiger partial charge on any atom is -0.370 e. The summed E-state index contributed by atoms with van der Waals surface area (Å²) in [7, 11) is 0. The summed E-state index contributed by atoms with van der Waals surface area (Å²) in [4.78, 5) is 2.21. The summed E-state index contributed by atoms with van der Waals surface area (Å²) in [5.41, 5.74) is 7.50. The smallest absolute Gasteiger partial charge is 0.103 e. The summed E-state index contributed by atoms with van der Waals surface area (Å²) in [6.07, 6.45) is 0.957. The van der Waals surface area contributed by atoms with Crippen LogP contribution in [0.2, 0.25) is 5.02 Å². The zero-order valence-corrected chi connectivity index (χ0v) is 10.6. The molecular formula is C13H16ClN3. The normalized spacial score (nSPS) is 24.5. The minimum absolute atomic E-state index is 0.260. The Morgan fingerprint density at radius 2 is 2.29 bits per heavy atom. The average molecular weight is 250 g/mol. The summed E-state index contributed by atoms with van der Waals surface area (Å²) in [5.74, 6) is 0.439. The van der Waals surface area contributed by atoms with E-state index in [1.54, 1.807) is 6.07 Å². The Kier molecular flexibility index (Phi) is 3.56. The van der Waals surface area contributed by atoms with Crippen LogP contribution in [0.3, 0.4) is 0 Å². The zero-order valence-electron chi connectivity index (χ0n) is 9.86. The van der Waals surface area contributed by atoms with Crippen molar-refractivity contribution >= 4 is 17.3 Å². The Morgan fingerprint density at radius 1 is 1.53 bits per heavy atom. The lowest BCUT2D eigenvalue weighted by atomic mass is 9.94. The maximum atomic E-state index is 9.16. The molecule has 2 atom stereocenters. The molecule has 0 bridgehead atoms. The molecule has 0 aromatic heterocycles. The standard InChI is InChI=1S/C13H16ClN3/c1-9-8-17(6-5-12(9)16)13-4-2-3-11(14)10(13)7-15/h2-4,9,12H,5-6,8,16H2,1H3. The van der Waals surface area contributed by atoms with Gasteiger partial charge in [0.1, 0.15) is 6.07 Å². The number of halogens is 1. The van der Waals surface area contributed by atoms with E-state index in [0.717, 1.165) is 25.2 Å². The largest absolute Gasteiger partial charge is 0.370 e. The molecule has 1 aromatic rings. The summed E-state index contributed by atoms with van der Waals surface area (Å²) in [6, 6.07) is 8.03. The van der Waals surface area contributed by atoms with Gasteiger partial charge < -0.3 is 10.6 Å². The topological polar surface area (TPSA) is 53.0 Å². The number of hydrogen-bond donors (Lipinski definition) is 1. The van der Waals surface area contributed by atoms with Gasteiger partial charge in [0.05, 0.1) is 16.3 Å². The number of nitriles is 1. The maximum absolute atomic E-state index is 9.16. The van der Waals surface area contributed by atoms with Crippen LogP contribution in [0.5, 0.6) is 0 Å². The lowest BCUT2D eigenvalue weighted by molar-refractivity contribution is 0.383. The fourth-order valence-electron chi connectivity index (χ4n) is 2.27. The molecule has 1 heterocycles. The van der Waals surface area contributed by atoms with Gasteiger partial charge in [0, 0.05) is 19.1 Å². The molecule has 1 aliphatic rings. The highest BCUT2D eigenvalue weighted by Crippen LogP contribution is 2.29. The van der Waals surface area contributed by atoms with E-state index in [1.165, 1.54) is 0 Å². The van der Waals surface area contributed by atoms with Gasteiger partial charge in [-0.25, -0.2) is 0 Å². The fourth-order valence-corrected chi connectivity index (χ4v) is 2.48. The van der Waals surface area contributed by atoms with Gasteiger partial charge in [-0.2, -0.15) is 5.26 Å². The van der Waals surface area contributed by atoms with Crippen LogP contribution in [0.4, 0.5) is 5.69 Å². The number of anilines is 1. The highest BCUT2D eigenvalue weighted by Gasteiger charge is 2.25. The first-order chi connectivity index (χ1) is 8.13. The van der Waals surface area contributed by atoms with Crippen molar-refractivity contribution in [3.8, 4) is 6.07 Å². The van der Waals surface area contributed by atoms with Crippen molar-refractivity contribution in [1.82, 2.24) is 0 Å². The number of benzene rings is 1. The molecule has 1 aliphatic heterocycles. The molecular weight excluding hydrogens is 234 g/mol. The molecule has 1 aromatic carbocycles. The molecule has 0 aliphatic carbocycles. The van der Waals surface area contributed by atoms with Crippen molar-refractivity contribution in [2.24, 2.45) is 11.7 Å². The van der Waals surface area contributed by atoms with E-state index >= 15 is 0 Å². The Morgan fingerprint density at radius 3 is 2.94 bits per heavy atom. The quantitative estimate of drug-likeness (QED) is 0.832. The molecule has 0 saturated carbocycles. The van der Waals surface area contributed by atoms with Crippen molar-refractivity contribution in [3.05, 3.63) is 28.8 Å². The van der Waals surface area contributed by atoms with Crippen LogP contribution in [-0.4, -0.2) is 19.1 Å². The Bertz CT molecular complexity index is 452. The van der Waals surface area contributed by atoms with Crippen molar-refractivity contribution in [2.45, 2.75) is 19.4 Å².